The molecule has 0 spiro atoms. The third-order valence-electron chi connectivity index (χ3n) is 12.4. The Morgan fingerprint density at radius 3 is 1.23 bits per heavy atom. The fourth-order valence-corrected chi connectivity index (χ4v) is 21.4. The van der Waals surface area contributed by atoms with Gasteiger partial charge in [-0.1, -0.05) is 0 Å². The van der Waals surface area contributed by atoms with Gasteiger partial charge >= 0.3 is 267 Å². The van der Waals surface area contributed by atoms with Crippen molar-refractivity contribution in [2.45, 2.75) is 173 Å². The van der Waals surface area contributed by atoms with E-state index in [1.54, 1.807) is 22.7 Å². The first-order chi connectivity index (χ1) is 19.8. The van der Waals surface area contributed by atoms with E-state index in [1.165, 1.54) is 128 Å². The first kappa shape index (κ1) is 34.8. The molecule has 0 saturated heterocycles. The van der Waals surface area contributed by atoms with E-state index in [0.717, 1.165) is 11.1 Å². The fourth-order valence-electron chi connectivity index (χ4n) is 10.0. The first-order valence-electron chi connectivity index (χ1n) is 17.9. The van der Waals surface area contributed by atoms with E-state index in [4.69, 9.17) is 8.85 Å². The van der Waals surface area contributed by atoms with Gasteiger partial charge in [0, 0.05) is 0 Å². The van der Waals surface area contributed by atoms with Gasteiger partial charge in [-0.2, -0.15) is 0 Å². The summed E-state index contributed by atoms with van der Waals surface area (Å²) in [6.45, 7) is 10.4. The molecule has 0 radical (unpaired) electrons. The summed E-state index contributed by atoms with van der Waals surface area (Å²) in [7, 11) is -3.59. The van der Waals surface area contributed by atoms with Crippen molar-refractivity contribution in [2.75, 3.05) is 0 Å². The zero-order valence-electron chi connectivity index (χ0n) is 27.5. The van der Waals surface area contributed by atoms with Gasteiger partial charge in [0.15, 0.2) is 0 Å². The van der Waals surface area contributed by atoms with Gasteiger partial charge < -0.3 is 24.8 Å². The first-order valence-corrected chi connectivity index (χ1v) is 26.7. The Morgan fingerprint density at radius 2 is 0.837 bits per heavy atom. The summed E-state index contributed by atoms with van der Waals surface area (Å²) in [6.07, 6.45) is 27.7. The van der Waals surface area contributed by atoms with Crippen LogP contribution in [-0.4, -0.2) is 16.6 Å². The van der Waals surface area contributed by atoms with E-state index in [-0.39, 0.29) is 24.8 Å². The Labute approximate surface area is 289 Å². The molecule has 7 aliphatic rings. The number of hydrogen-bond donors (Lipinski definition) is 0. The number of fused-ring (bicyclic) bond motifs is 6. The second kappa shape index (κ2) is 14.3. The molecule has 0 N–H and O–H groups in total. The summed E-state index contributed by atoms with van der Waals surface area (Å²) in [4.78, 5) is 0. The molecule has 2 atom stereocenters. The van der Waals surface area contributed by atoms with Gasteiger partial charge in [0.1, 0.15) is 0 Å². The third kappa shape index (κ3) is 6.75. The molecule has 2 nitrogen and oxygen atoms in total. The SMILES string of the molecule is C[Si](C)(OC1=C2CCC3=C(O[Si](C)(C)C4CCCCC4)[CH]([Zr+2][CH]1C1=C2CCCC1)C1=C3CCCC1)C1CCCCC1.[Cl-].[Cl-]. The molecule has 6 aliphatic carbocycles. The van der Waals surface area contributed by atoms with E-state index < -0.39 is 39.9 Å². The van der Waals surface area contributed by atoms with Crippen molar-refractivity contribution >= 4 is 16.6 Å². The topological polar surface area (TPSA) is 18.5 Å². The van der Waals surface area contributed by atoms with Crippen molar-refractivity contribution in [3.05, 3.63) is 45.0 Å². The predicted octanol–water partition coefficient (Wildman–Crippen LogP) is 5.84. The van der Waals surface area contributed by atoms with Crippen molar-refractivity contribution in [1.29, 1.82) is 0 Å². The smallest absolute Gasteiger partial charge is 1.00 e. The molecule has 1 aliphatic heterocycles. The average molecular weight is 739 g/mol. The summed E-state index contributed by atoms with van der Waals surface area (Å²) in [5.41, 5.74) is 12.5. The van der Waals surface area contributed by atoms with Crippen LogP contribution in [0.15, 0.2) is 45.0 Å². The van der Waals surface area contributed by atoms with Crippen LogP contribution in [0.1, 0.15) is 128 Å². The molecule has 4 bridgehead atoms. The van der Waals surface area contributed by atoms with Gasteiger partial charge in [0.2, 0.25) is 0 Å². The molecule has 238 valence electrons. The minimum atomic E-state index is -1.79. The Morgan fingerprint density at radius 1 is 0.465 bits per heavy atom. The average Bonchev–Trinajstić information content (AvgIpc) is 3.44. The summed E-state index contributed by atoms with van der Waals surface area (Å²) in [6, 6.07) is 0. The van der Waals surface area contributed by atoms with Crippen molar-refractivity contribution in [1.82, 2.24) is 0 Å². The maximum absolute atomic E-state index is 7.62. The molecular formula is C36H56Cl2O2Si2Zr. The Hall–Kier alpha value is 0.457. The summed E-state index contributed by atoms with van der Waals surface area (Å²) in [5.74, 6) is 3.14. The van der Waals surface area contributed by atoms with Crippen LogP contribution in [0.3, 0.4) is 0 Å². The predicted molar refractivity (Wildman–Crippen MR) is 173 cm³/mol. The van der Waals surface area contributed by atoms with E-state index in [0.29, 0.717) is 7.25 Å². The molecule has 1 heterocycles. The normalized spacial score (nSPS) is 28.5. The Balaban J connectivity index is 0.00000184. The zero-order valence-corrected chi connectivity index (χ0v) is 33.5. The Bertz CT molecular complexity index is 1080. The fraction of sp³-hybridized carbons (Fsp3) is 0.778. The summed E-state index contributed by atoms with van der Waals surface area (Å²) in [5, 5.41) is 0. The molecule has 0 aromatic rings. The molecule has 0 amide bonds. The third-order valence-corrected chi connectivity index (χ3v) is 23.7. The maximum Gasteiger partial charge on any atom is -1.00 e. The minimum absolute atomic E-state index is 0. The molecular weight excluding hydrogens is 683 g/mol. The standard InChI is InChI=1S/C36H56O2Si2.2ClH.Zr/c1-39(2,29-17-7-5-8-18-29)37-35-25-27-15-11-13-21-31(27)33(35)23-24-34-32-22-14-12-16-28(32)26-36(34)38-40(3,4)30-19-9-6-10-20-30;;;/h25-26,29-30H,5-24H2,1-4H3;2*1H;/q;;;+2/p-2. The van der Waals surface area contributed by atoms with Crippen LogP contribution in [0.2, 0.25) is 44.5 Å². The van der Waals surface area contributed by atoms with Crippen molar-refractivity contribution in [2.24, 2.45) is 0 Å². The molecule has 2 unspecified atom stereocenters. The van der Waals surface area contributed by atoms with Crippen LogP contribution < -0.4 is 24.8 Å². The second-order valence-corrected chi connectivity index (χ2v) is 27.8. The molecule has 7 heteroatoms. The van der Waals surface area contributed by atoms with Crippen molar-refractivity contribution in [3.8, 4) is 0 Å². The number of rotatable bonds is 6. The molecule has 2 saturated carbocycles. The van der Waals surface area contributed by atoms with Crippen LogP contribution in [0.5, 0.6) is 0 Å². The van der Waals surface area contributed by atoms with Crippen LogP contribution in [0, 0.1) is 0 Å². The molecule has 0 aromatic heterocycles. The Kier molecular flexibility index (Phi) is 11.6. The van der Waals surface area contributed by atoms with Gasteiger partial charge in [-0.25, -0.2) is 0 Å². The van der Waals surface area contributed by atoms with Gasteiger partial charge in [-0.3, -0.25) is 0 Å². The number of allylic oxidation sites excluding steroid dienone is 6. The van der Waals surface area contributed by atoms with E-state index in [1.807, 2.05) is 22.3 Å². The van der Waals surface area contributed by atoms with E-state index in [2.05, 4.69) is 26.2 Å². The molecule has 2 fully saturated rings. The molecule has 0 aromatic carbocycles. The van der Waals surface area contributed by atoms with Crippen LogP contribution in [0.4, 0.5) is 0 Å². The zero-order chi connectivity index (χ0) is 28.2. The van der Waals surface area contributed by atoms with Crippen molar-refractivity contribution in [3.63, 3.8) is 0 Å². The van der Waals surface area contributed by atoms with Crippen LogP contribution in [-0.2, 0) is 32.1 Å². The van der Waals surface area contributed by atoms with Crippen LogP contribution >= 0.6 is 0 Å². The van der Waals surface area contributed by atoms with Crippen molar-refractivity contribution < 1.29 is 56.9 Å². The van der Waals surface area contributed by atoms with E-state index >= 15 is 0 Å². The largest absolute Gasteiger partial charge is 1.00 e. The van der Waals surface area contributed by atoms with Gasteiger partial charge in [-0.15, -0.1) is 0 Å². The summed E-state index contributed by atoms with van der Waals surface area (Å²) < 4.78 is 16.6. The minimum Gasteiger partial charge on any atom is -1.00 e. The quantitative estimate of drug-likeness (QED) is 0.320. The van der Waals surface area contributed by atoms with Gasteiger partial charge in [-0.05, 0) is 0 Å². The summed E-state index contributed by atoms with van der Waals surface area (Å²) >= 11 is -0.910. The second-order valence-electron chi connectivity index (χ2n) is 15.7. The number of halogens is 2. The maximum atomic E-state index is 7.62. The monoisotopic (exact) mass is 736 g/mol. The van der Waals surface area contributed by atoms with E-state index in [9.17, 15) is 0 Å². The number of hydrogen-bond acceptors (Lipinski definition) is 2. The van der Waals surface area contributed by atoms with Gasteiger partial charge in [0.25, 0.3) is 0 Å². The van der Waals surface area contributed by atoms with Crippen LogP contribution in [0.25, 0.3) is 0 Å². The molecule has 7 rings (SSSR count). The molecule has 43 heavy (non-hydrogen) atoms. The van der Waals surface area contributed by atoms with Gasteiger partial charge in [0.05, 0.1) is 0 Å².